The van der Waals surface area contributed by atoms with E-state index in [0.717, 1.165) is 31.2 Å². The molecule has 0 radical (unpaired) electrons. The van der Waals surface area contributed by atoms with E-state index in [-0.39, 0.29) is 29.8 Å². The summed E-state index contributed by atoms with van der Waals surface area (Å²) in [4.78, 5) is 7.12. The lowest BCUT2D eigenvalue weighted by Crippen LogP contribution is -2.41. The van der Waals surface area contributed by atoms with E-state index in [9.17, 15) is 4.39 Å². The van der Waals surface area contributed by atoms with Gasteiger partial charge in [-0.05, 0) is 44.4 Å². The zero-order valence-corrected chi connectivity index (χ0v) is 18.3. The fourth-order valence-corrected chi connectivity index (χ4v) is 4.64. The summed E-state index contributed by atoms with van der Waals surface area (Å²) in [6.07, 6.45) is 3.30. The second-order valence-corrected chi connectivity index (χ2v) is 7.39. The Hall–Kier alpha value is -1.09. The first kappa shape index (κ1) is 20.6. The Balaban J connectivity index is 0.00000210. The lowest BCUT2D eigenvalue weighted by molar-refractivity contribution is 0.0767. The largest absolute Gasteiger partial charge is 0.491 e. The molecule has 0 spiro atoms. The molecule has 1 aromatic carbocycles. The number of nitrogens with one attached hydrogen (secondary N) is 1. The molecule has 1 N–H and O–H groups in total. The molecule has 3 fully saturated rings. The van der Waals surface area contributed by atoms with Crippen molar-refractivity contribution in [3.8, 4) is 5.75 Å². The topological polar surface area (TPSA) is 46.1 Å². The number of guanidine groups is 1. The van der Waals surface area contributed by atoms with Crippen molar-refractivity contribution in [3.05, 3.63) is 29.6 Å². The zero-order valence-electron chi connectivity index (χ0n) is 16.0. The first-order chi connectivity index (χ1) is 12.7. The molecular weight excluding hydrogens is 460 g/mol. The number of rotatable bonds is 5. The summed E-state index contributed by atoms with van der Waals surface area (Å²) in [5.74, 6) is 2.18. The van der Waals surface area contributed by atoms with Crippen LogP contribution in [0.4, 0.5) is 4.39 Å². The van der Waals surface area contributed by atoms with E-state index in [1.807, 2.05) is 13.0 Å². The molecule has 2 bridgehead atoms. The zero-order chi connectivity index (χ0) is 18.1. The van der Waals surface area contributed by atoms with Gasteiger partial charge in [-0.2, -0.15) is 0 Å². The molecule has 150 valence electrons. The highest BCUT2D eigenvalue weighted by Crippen LogP contribution is 2.47. The van der Waals surface area contributed by atoms with E-state index in [0.29, 0.717) is 42.9 Å². The van der Waals surface area contributed by atoms with Crippen LogP contribution in [0.3, 0.4) is 0 Å². The quantitative estimate of drug-likeness (QED) is 0.391. The van der Waals surface area contributed by atoms with Crippen LogP contribution in [0.1, 0.15) is 32.3 Å². The van der Waals surface area contributed by atoms with Crippen molar-refractivity contribution in [2.24, 2.45) is 16.8 Å². The lowest BCUT2D eigenvalue weighted by Gasteiger charge is -2.23. The fraction of sp³-hybridized carbons (Fsp3) is 0.650. The molecule has 0 aliphatic carbocycles. The van der Waals surface area contributed by atoms with Gasteiger partial charge in [0.05, 0.1) is 25.4 Å². The predicted octanol–water partition coefficient (Wildman–Crippen LogP) is 3.42. The van der Waals surface area contributed by atoms with Crippen molar-refractivity contribution < 1.29 is 13.9 Å². The number of ether oxygens (including phenoxy) is 2. The third-order valence-electron chi connectivity index (χ3n) is 5.79. The van der Waals surface area contributed by atoms with Crippen LogP contribution < -0.4 is 10.1 Å². The summed E-state index contributed by atoms with van der Waals surface area (Å²) in [6, 6.07) is 5.09. The van der Waals surface area contributed by atoms with Crippen LogP contribution in [-0.2, 0) is 11.3 Å². The molecule has 3 aliphatic rings. The van der Waals surface area contributed by atoms with Gasteiger partial charge < -0.3 is 19.7 Å². The molecule has 1 aromatic rings. The molecular formula is C20H29FIN3O2. The molecule has 0 aromatic heterocycles. The maximum Gasteiger partial charge on any atom is 0.194 e. The normalized spacial score (nSPS) is 28.9. The fourth-order valence-electron chi connectivity index (χ4n) is 4.64. The summed E-state index contributed by atoms with van der Waals surface area (Å²) < 4.78 is 25.4. The number of benzene rings is 1. The van der Waals surface area contributed by atoms with Gasteiger partial charge in [-0.3, -0.25) is 0 Å². The SMILES string of the molecule is CCNC(=NCc1ccc(OCC)c(F)c1)N1CC2C3CCC(O3)C2C1.I. The van der Waals surface area contributed by atoms with Crippen molar-refractivity contribution in [2.75, 3.05) is 26.2 Å². The molecule has 7 heteroatoms. The smallest absolute Gasteiger partial charge is 0.194 e. The average molecular weight is 489 g/mol. The number of aliphatic imine (C=N–C) groups is 1. The van der Waals surface area contributed by atoms with E-state index in [1.54, 1.807) is 6.07 Å². The van der Waals surface area contributed by atoms with Crippen LogP contribution in [0.2, 0.25) is 0 Å². The van der Waals surface area contributed by atoms with Crippen molar-refractivity contribution in [1.29, 1.82) is 0 Å². The highest BCUT2D eigenvalue weighted by molar-refractivity contribution is 14.0. The third-order valence-corrected chi connectivity index (χ3v) is 5.79. The second-order valence-electron chi connectivity index (χ2n) is 7.39. The maximum atomic E-state index is 14.0. The molecule has 4 rings (SSSR count). The Bertz CT molecular complexity index is 669. The lowest BCUT2D eigenvalue weighted by atomic mass is 9.82. The van der Waals surface area contributed by atoms with E-state index in [2.05, 4.69) is 17.1 Å². The first-order valence-electron chi connectivity index (χ1n) is 9.79. The second kappa shape index (κ2) is 8.94. The van der Waals surface area contributed by atoms with Crippen molar-refractivity contribution >= 4 is 29.9 Å². The first-order valence-corrected chi connectivity index (χ1v) is 9.79. The Labute approximate surface area is 177 Å². The number of fused-ring (bicyclic) bond motifs is 5. The van der Waals surface area contributed by atoms with Gasteiger partial charge in [-0.15, -0.1) is 24.0 Å². The molecule has 5 nitrogen and oxygen atoms in total. The molecule has 3 saturated heterocycles. The molecule has 4 unspecified atom stereocenters. The molecule has 27 heavy (non-hydrogen) atoms. The number of hydrogen-bond donors (Lipinski definition) is 1. The summed E-state index contributed by atoms with van der Waals surface area (Å²) in [7, 11) is 0. The Kier molecular flexibility index (Phi) is 6.83. The van der Waals surface area contributed by atoms with Gasteiger partial charge in [0.15, 0.2) is 17.5 Å². The number of halogens is 2. The minimum atomic E-state index is -0.325. The summed E-state index contributed by atoms with van der Waals surface area (Å²) in [6.45, 7) is 7.69. The number of nitrogens with zero attached hydrogens (tertiary/aromatic N) is 2. The summed E-state index contributed by atoms with van der Waals surface area (Å²) >= 11 is 0. The van der Waals surface area contributed by atoms with Crippen LogP contribution >= 0.6 is 24.0 Å². The molecule has 0 amide bonds. The van der Waals surface area contributed by atoms with Gasteiger partial charge >= 0.3 is 0 Å². The molecule has 3 heterocycles. The minimum absolute atomic E-state index is 0. The minimum Gasteiger partial charge on any atom is -0.491 e. The Morgan fingerprint density at radius 2 is 1.96 bits per heavy atom. The van der Waals surface area contributed by atoms with Gasteiger partial charge in [0.25, 0.3) is 0 Å². The van der Waals surface area contributed by atoms with E-state index < -0.39 is 0 Å². The Morgan fingerprint density at radius 3 is 2.56 bits per heavy atom. The average Bonchev–Trinajstić information content (AvgIpc) is 3.33. The Morgan fingerprint density at radius 1 is 1.26 bits per heavy atom. The van der Waals surface area contributed by atoms with E-state index >= 15 is 0 Å². The monoisotopic (exact) mass is 489 g/mol. The molecule has 3 aliphatic heterocycles. The van der Waals surface area contributed by atoms with Crippen LogP contribution in [0.15, 0.2) is 23.2 Å². The number of hydrogen-bond acceptors (Lipinski definition) is 3. The standard InChI is InChI=1S/C20H28FN3O2.HI/c1-3-22-20(23-10-13-5-6-19(25-4-2)16(21)9-13)24-11-14-15(12-24)18-8-7-17(14)26-18;/h5-6,9,14-15,17-18H,3-4,7-8,10-12H2,1-2H3,(H,22,23);1H. The van der Waals surface area contributed by atoms with Crippen LogP contribution in [0.25, 0.3) is 0 Å². The van der Waals surface area contributed by atoms with E-state index in [1.165, 1.54) is 18.9 Å². The molecule has 0 saturated carbocycles. The van der Waals surface area contributed by atoms with Gasteiger partial charge in [0.2, 0.25) is 0 Å². The molecule has 4 atom stereocenters. The van der Waals surface area contributed by atoms with Gasteiger partial charge in [0, 0.05) is 31.5 Å². The van der Waals surface area contributed by atoms with E-state index in [4.69, 9.17) is 14.5 Å². The highest BCUT2D eigenvalue weighted by atomic mass is 127. The van der Waals surface area contributed by atoms with Crippen LogP contribution in [-0.4, -0.2) is 49.3 Å². The number of likely N-dealkylation sites (tertiary alicyclic amines) is 1. The third kappa shape index (κ3) is 4.18. The summed E-state index contributed by atoms with van der Waals surface area (Å²) in [5, 5.41) is 3.40. The van der Waals surface area contributed by atoms with Crippen molar-refractivity contribution in [1.82, 2.24) is 10.2 Å². The van der Waals surface area contributed by atoms with Crippen molar-refractivity contribution in [2.45, 2.75) is 45.4 Å². The maximum absolute atomic E-state index is 14.0. The summed E-state index contributed by atoms with van der Waals surface area (Å²) in [5.41, 5.74) is 0.851. The highest BCUT2D eigenvalue weighted by Gasteiger charge is 2.53. The van der Waals surface area contributed by atoms with Gasteiger partial charge in [-0.1, -0.05) is 6.07 Å². The van der Waals surface area contributed by atoms with Gasteiger partial charge in [0.1, 0.15) is 0 Å². The van der Waals surface area contributed by atoms with Crippen LogP contribution in [0, 0.1) is 17.7 Å². The van der Waals surface area contributed by atoms with Gasteiger partial charge in [-0.25, -0.2) is 9.38 Å². The van der Waals surface area contributed by atoms with Crippen molar-refractivity contribution in [3.63, 3.8) is 0 Å². The predicted molar refractivity (Wildman–Crippen MR) is 114 cm³/mol. The van der Waals surface area contributed by atoms with Crippen LogP contribution in [0.5, 0.6) is 5.75 Å².